The SMILES string of the molecule is CCc1cc(C)cc(CC)c1C1C(=O)[C@@H]2[C@@H]3O[C@@H](C[C@H]3c3cccc(C(C)=O)c3)[C@@H]2C1=O. The van der Waals surface area contributed by atoms with Crippen molar-refractivity contribution in [2.24, 2.45) is 11.8 Å². The van der Waals surface area contributed by atoms with Gasteiger partial charge in [0.05, 0.1) is 24.0 Å². The number of hydrogen-bond acceptors (Lipinski definition) is 4. The second kappa shape index (κ2) is 7.77. The largest absolute Gasteiger partial charge is 0.373 e. The van der Waals surface area contributed by atoms with E-state index in [0.717, 1.165) is 41.5 Å². The van der Waals surface area contributed by atoms with Crippen LogP contribution in [0.2, 0.25) is 0 Å². The van der Waals surface area contributed by atoms with Crippen LogP contribution in [0.5, 0.6) is 0 Å². The Balaban J connectivity index is 1.52. The highest BCUT2D eigenvalue weighted by Crippen LogP contribution is 2.57. The highest BCUT2D eigenvalue weighted by atomic mass is 16.5. The smallest absolute Gasteiger partial charge is 0.159 e. The fraction of sp³-hybridized carbons (Fsp3) is 0.464. The molecule has 2 heterocycles. The summed E-state index contributed by atoms with van der Waals surface area (Å²) in [7, 11) is 0. The number of ketones is 3. The van der Waals surface area contributed by atoms with Crippen LogP contribution in [0.4, 0.5) is 0 Å². The molecule has 0 aromatic heterocycles. The normalized spacial score (nSPS) is 30.8. The van der Waals surface area contributed by atoms with Crippen molar-refractivity contribution >= 4 is 17.3 Å². The third kappa shape index (κ3) is 3.03. The standard InChI is InChI=1S/C28H30O4/c1-5-16-10-14(3)11-17(6-2)22(16)24-26(30)23-21-13-20(28(32-21)25(23)27(24)31)19-9-7-8-18(12-19)15(4)29/h7-12,20-21,23-25,28H,5-6,13H2,1-4H3/t20-,21-,23-,24?,25+,28+/m0/s1. The topological polar surface area (TPSA) is 60.4 Å². The van der Waals surface area contributed by atoms with Gasteiger partial charge < -0.3 is 4.74 Å². The average molecular weight is 431 g/mol. The number of fused-ring (bicyclic) bond motifs is 5. The molecular formula is C28H30O4. The van der Waals surface area contributed by atoms with Gasteiger partial charge in [-0.25, -0.2) is 0 Å². The van der Waals surface area contributed by atoms with Crippen molar-refractivity contribution in [3.05, 3.63) is 69.8 Å². The van der Waals surface area contributed by atoms with Crippen molar-refractivity contribution in [1.29, 1.82) is 0 Å². The summed E-state index contributed by atoms with van der Waals surface area (Å²) in [6, 6.07) is 11.9. The van der Waals surface area contributed by atoms with Crippen LogP contribution in [0.3, 0.4) is 0 Å². The van der Waals surface area contributed by atoms with Crippen LogP contribution in [-0.2, 0) is 27.2 Å². The van der Waals surface area contributed by atoms with Crippen LogP contribution in [0.1, 0.15) is 77.2 Å². The van der Waals surface area contributed by atoms with Gasteiger partial charge in [0.1, 0.15) is 5.92 Å². The lowest BCUT2D eigenvalue weighted by atomic mass is 9.73. The Hall–Kier alpha value is -2.59. The van der Waals surface area contributed by atoms with Crippen molar-refractivity contribution < 1.29 is 19.1 Å². The molecule has 0 spiro atoms. The van der Waals surface area contributed by atoms with E-state index in [9.17, 15) is 14.4 Å². The number of carbonyl (C=O) groups is 3. The Kier molecular flexibility index (Phi) is 5.16. The maximum absolute atomic E-state index is 13.8. The summed E-state index contributed by atoms with van der Waals surface area (Å²) < 4.78 is 6.24. The second-order valence-electron chi connectivity index (χ2n) is 9.66. The van der Waals surface area contributed by atoms with E-state index in [1.165, 1.54) is 5.56 Å². The van der Waals surface area contributed by atoms with Gasteiger partial charge in [-0.15, -0.1) is 0 Å². The van der Waals surface area contributed by atoms with Crippen molar-refractivity contribution in [2.75, 3.05) is 0 Å². The van der Waals surface area contributed by atoms with Crippen LogP contribution in [0, 0.1) is 18.8 Å². The zero-order chi connectivity index (χ0) is 22.7. The highest BCUT2D eigenvalue weighted by Gasteiger charge is 2.66. The van der Waals surface area contributed by atoms with Gasteiger partial charge >= 0.3 is 0 Å². The fourth-order valence-electron chi connectivity index (χ4n) is 6.47. The third-order valence-corrected chi connectivity index (χ3v) is 7.85. The van der Waals surface area contributed by atoms with Crippen molar-refractivity contribution in [3.8, 4) is 0 Å². The molecular weight excluding hydrogens is 400 g/mol. The molecule has 0 radical (unpaired) electrons. The Morgan fingerprint density at radius 2 is 1.66 bits per heavy atom. The third-order valence-electron chi connectivity index (χ3n) is 7.85. The monoisotopic (exact) mass is 430 g/mol. The van der Waals surface area contributed by atoms with E-state index < -0.39 is 5.92 Å². The Morgan fingerprint density at radius 3 is 2.28 bits per heavy atom. The zero-order valence-corrected chi connectivity index (χ0v) is 19.2. The van der Waals surface area contributed by atoms with Gasteiger partial charge in [0.15, 0.2) is 17.3 Å². The van der Waals surface area contributed by atoms with Crippen LogP contribution >= 0.6 is 0 Å². The minimum Gasteiger partial charge on any atom is -0.373 e. The summed E-state index contributed by atoms with van der Waals surface area (Å²) in [5.41, 5.74) is 6.08. The Morgan fingerprint density at radius 1 is 1.00 bits per heavy atom. The molecule has 4 heteroatoms. The minimum atomic E-state index is -0.660. The first kappa shape index (κ1) is 21.3. The molecule has 5 rings (SSSR count). The molecule has 2 aromatic carbocycles. The van der Waals surface area contributed by atoms with Gasteiger partial charge in [-0.3, -0.25) is 14.4 Å². The van der Waals surface area contributed by atoms with Crippen molar-refractivity contribution in [2.45, 2.75) is 71.0 Å². The summed E-state index contributed by atoms with van der Waals surface area (Å²) in [6.45, 7) is 7.82. The van der Waals surface area contributed by atoms with Gasteiger partial charge in [0.25, 0.3) is 0 Å². The summed E-state index contributed by atoms with van der Waals surface area (Å²) in [5, 5.41) is 0. The zero-order valence-electron chi connectivity index (χ0n) is 19.2. The first-order valence-corrected chi connectivity index (χ1v) is 11.8. The summed E-state index contributed by atoms with van der Waals surface area (Å²) in [4.78, 5) is 39.3. The molecule has 0 amide bonds. The van der Waals surface area contributed by atoms with E-state index in [-0.39, 0.29) is 47.3 Å². The van der Waals surface area contributed by atoms with Crippen LogP contribution in [0.15, 0.2) is 36.4 Å². The molecule has 1 saturated carbocycles. The lowest BCUT2D eigenvalue weighted by Crippen LogP contribution is -2.34. The highest BCUT2D eigenvalue weighted by molar-refractivity contribution is 6.17. The molecule has 166 valence electrons. The number of ether oxygens (including phenoxy) is 1. The molecule has 32 heavy (non-hydrogen) atoms. The molecule has 3 aliphatic rings. The average Bonchev–Trinajstić information content (AvgIpc) is 3.45. The molecule has 2 bridgehead atoms. The molecule has 2 saturated heterocycles. The summed E-state index contributed by atoms with van der Waals surface area (Å²) >= 11 is 0. The maximum Gasteiger partial charge on any atom is 0.159 e. The lowest BCUT2D eigenvalue weighted by molar-refractivity contribution is -0.127. The lowest BCUT2D eigenvalue weighted by Gasteiger charge is -2.26. The van der Waals surface area contributed by atoms with Gasteiger partial charge in [-0.2, -0.15) is 0 Å². The number of hydrogen-bond donors (Lipinski definition) is 0. The van der Waals surface area contributed by atoms with Crippen molar-refractivity contribution in [3.63, 3.8) is 0 Å². The molecule has 3 fully saturated rings. The number of benzene rings is 2. The first-order chi connectivity index (χ1) is 15.3. The molecule has 1 unspecified atom stereocenters. The Bertz CT molecular complexity index is 1100. The first-order valence-electron chi connectivity index (χ1n) is 11.8. The molecule has 4 nitrogen and oxygen atoms in total. The second-order valence-corrected chi connectivity index (χ2v) is 9.66. The molecule has 6 atom stereocenters. The van der Waals surface area contributed by atoms with Crippen molar-refractivity contribution in [1.82, 2.24) is 0 Å². The number of rotatable bonds is 5. The van der Waals surface area contributed by atoms with Gasteiger partial charge in [0.2, 0.25) is 0 Å². The van der Waals surface area contributed by atoms with Gasteiger partial charge in [-0.05, 0) is 61.4 Å². The molecule has 2 aromatic rings. The minimum absolute atomic E-state index is 0.0274. The van der Waals surface area contributed by atoms with E-state index in [0.29, 0.717) is 5.56 Å². The van der Waals surface area contributed by atoms with Crippen LogP contribution < -0.4 is 0 Å². The van der Waals surface area contributed by atoms with Gasteiger partial charge in [0, 0.05) is 11.5 Å². The van der Waals surface area contributed by atoms with Crippen LogP contribution in [-0.4, -0.2) is 29.6 Å². The van der Waals surface area contributed by atoms with E-state index in [1.54, 1.807) is 6.92 Å². The van der Waals surface area contributed by atoms with E-state index in [4.69, 9.17) is 4.74 Å². The number of Topliss-reactive ketones (excluding diaryl/α,β-unsaturated/α-hetero) is 3. The Labute approximate surface area is 189 Å². The fourth-order valence-corrected chi connectivity index (χ4v) is 6.47. The molecule has 1 aliphatic carbocycles. The summed E-state index contributed by atoms with van der Waals surface area (Å²) in [5.74, 6) is -1.21. The van der Waals surface area contributed by atoms with Gasteiger partial charge in [-0.1, -0.05) is 49.7 Å². The van der Waals surface area contributed by atoms with E-state index in [2.05, 4.69) is 32.9 Å². The number of aryl methyl sites for hydroxylation is 3. The van der Waals surface area contributed by atoms with E-state index in [1.807, 2.05) is 24.3 Å². The quantitative estimate of drug-likeness (QED) is 0.508. The van der Waals surface area contributed by atoms with E-state index >= 15 is 0 Å². The van der Waals surface area contributed by atoms with Crippen LogP contribution in [0.25, 0.3) is 0 Å². The maximum atomic E-state index is 13.8. The molecule has 0 N–H and O–H groups in total. The molecule has 2 aliphatic heterocycles. The summed E-state index contributed by atoms with van der Waals surface area (Å²) in [6.07, 6.45) is 1.85. The number of carbonyl (C=O) groups excluding carboxylic acids is 3. The predicted molar refractivity (Wildman–Crippen MR) is 122 cm³/mol. The predicted octanol–water partition coefficient (Wildman–Crippen LogP) is 4.75.